The second-order valence-electron chi connectivity index (χ2n) is 3.29. The number of carbonyl (C=O) groups is 2. The van der Waals surface area contributed by atoms with E-state index in [9.17, 15) is 19.8 Å². The van der Waals surface area contributed by atoms with Gasteiger partial charge in [0.05, 0.1) is 19.8 Å². The summed E-state index contributed by atoms with van der Waals surface area (Å²) in [6, 6.07) is 0. The first-order valence-electron chi connectivity index (χ1n) is 4.03. The van der Waals surface area contributed by atoms with E-state index in [2.05, 4.69) is 0 Å². The summed E-state index contributed by atoms with van der Waals surface area (Å²) in [5, 5.41) is 18.4. The first kappa shape index (κ1) is 8.46. The molecule has 2 unspecified atom stereocenters. The molecule has 13 heavy (non-hydrogen) atoms. The van der Waals surface area contributed by atoms with Crippen molar-refractivity contribution in [2.45, 2.75) is 12.2 Å². The van der Waals surface area contributed by atoms with Gasteiger partial charge in [0.2, 0.25) is 0 Å². The van der Waals surface area contributed by atoms with Crippen LogP contribution in [-0.2, 0) is 9.59 Å². The van der Waals surface area contributed by atoms with Crippen LogP contribution in [0.4, 0.5) is 0 Å². The van der Waals surface area contributed by atoms with Crippen molar-refractivity contribution in [3.8, 4) is 0 Å². The first-order chi connectivity index (χ1) is 6.09. The van der Waals surface area contributed by atoms with E-state index in [1.807, 2.05) is 0 Å². The summed E-state index contributed by atoms with van der Waals surface area (Å²) in [5.41, 5.74) is 0. The lowest BCUT2D eigenvalue weighted by molar-refractivity contribution is -0.171. The van der Waals surface area contributed by atoms with Crippen molar-refractivity contribution in [3.63, 3.8) is 0 Å². The van der Waals surface area contributed by atoms with E-state index < -0.39 is 24.0 Å². The molecule has 0 aromatic heterocycles. The highest BCUT2D eigenvalue weighted by Crippen LogP contribution is 2.15. The standard InChI is InChI=1S/C7H10N2O4/c10-4-1-8-3-9(6(4)12)2-5(11)7(8)13/h4-5,10-11H,1-3H2. The van der Waals surface area contributed by atoms with Crippen LogP contribution in [0.25, 0.3) is 0 Å². The van der Waals surface area contributed by atoms with Crippen LogP contribution in [0.1, 0.15) is 0 Å². The Bertz CT molecular complexity index is 237. The Kier molecular flexibility index (Phi) is 1.74. The van der Waals surface area contributed by atoms with Crippen LogP contribution in [0.3, 0.4) is 0 Å². The van der Waals surface area contributed by atoms with Crippen LogP contribution in [0.5, 0.6) is 0 Å². The number of carbonyl (C=O) groups excluding carboxylic acids is 2. The Balaban J connectivity index is 2.21. The van der Waals surface area contributed by atoms with Crippen LogP contribution in [0.2, 0.25) is 0 Å². The molecule has 2 aliphatic rings. The summed E-state index contributed by atoms with van der Waals surface area (Å²) in [6.07, 6.45) is -2.27. The van der Waals surface area contributed by atoms with Gasteiger partial charge >= 0.3 is 0 Å². The van der Waals surface area contributed by atoms with Gasteiger partial charge in [-0.1, -0.05) is 0 Å². The second-order valence-corrected chi connectivity index (χ2v) is 3.29. The maximum absolute atomic E-state index is 11.2. The summed E-state index contributed by atoms with van der Waals surface area (Å²) in [7, 11) is 0. The second kappa shape index (κ2) is 2.68. The Morgan fingerprint density at radius 2 is 1.38 bits per heavy atom. The lowest BCUT2D eigenvalue weighted by Crippen LogP contribution is -2.65. The zero-order chi connectivity index (χ0) is 9.59. The molecule has 6 heteroatoms. The van der Waals surface area contributed by atoms with Crippen molar-refractivity contribution in [3.05, 3.63) is 0 Å². The number of hydrogen-bond acceptors (Lipinski definition) is 4. The average Bonchev–Trinajstić information content (AvgIpc) is 2.09. The molecule has 2 saturated heterocycles. The zero-order valence-electron chi connectivity index (χ0n) is 6.88. The summed E-state index contributed by atoms with van der Waals surface area (Å²) in [5.74, 6) is -0.828. The number of hydrogen-bond donors (Lipinski definition) is 2. The van der Waals surface area contributed by atoms with Gasteiger partial charge in [-0.2, -0.15) is 0 Å². The fourth-order valence-corrected chi connectivity index (χ4v) is 1.64. The SMILES string of the molecule is O=C1C(O)CN2CN1CC(O)C2=O. The van der Waals surface area contributed by atoms with Gasteiger partial charge in [0.15, 0.2) is 12.2 Å². The van der Waals surface area contributed by atoms with Gasteiger partial charge in [-0.25, -0.2) is 0 Å². The predicted octanol–water partition coefficient (Wildman–Crippen LogP) is -2.65. The molecule has 0 spiro atoms. The van der Waals surface area contributed by atoms with Gasteiger partial charge < -0.3 is 20.0 Å². The summed E-state index contributed by atoms with van der Waals surface area (Å²) in [4.78, 5) is 25.0. The molecule has 2 N–H and O–H groups in total. The Morgan fingerprint density at radius 1 is 1.00 bits per heavy atom. The van der Waals surface area contributed by atoms with Crippen molar-refractivity contribution in [1.82, 2.24) is 9.80 Å². The third-order valence-corrected chi connectivity index (χ3v) is 2.32. The number of aliphatic hydroxyl groups excluding tert-OH is 2. The molecule has 2 bridgehead atoms. The third kappa shape index (κ3) is 1.18. The van der Waals surface area contributed by atoms with E-state index in [0.29, 0.717) is 0 Å². The van der Waals surface area contributed by atoms with Crippen LogP contribution in [0.15, 0.2) is 0 Å². The highest BCUT2D eigenvalue weighted by atomic mass is 16.3. The van der Waals surface area contributed by atoms with Crippen molar-refractivity contribution < 1.29 is 19.8 Å². The predicted molar refractivity (Wildman–Crippen MR) is 40.3 cm³/mol. The minimum atomic E-state index is -1.13. The Hall–Kier alpha value is -1.14. The van der Waals surface area contributed by atoms with E-state index >= 15 is 0 Å². The third-order valence-electron chi connectivity index (χ3n) is 2.32. The van der Waals surface area contributed by atoms with E-state index in [1.54, 1.807) is 0 Å². The van der Waals surface area contributed by atoms with Gasteiger partial charge in [0, 0.05) is 0 Å². The Labute approximate surface area is 74.3 Å². The van der Waals surface area contributed by atoms with E-state index in [4.69, 9.17) is 0 Å². The van der Waals surface area contributed by atoms with Crippen LogP contribution < -0.4 is 0 Å². The monoisotopic (exact) mass is 186 g/mol. The van der Waals surface area contributed by atoms with Crippen molar-refractivity contribution in [2.24, 2.45) is 0 Å². The molecular formula is C7H10N2O4. The molecule has 2 fully saturated rings. The van der Waals surface area contributed by atoms with Gasteiger partial charge in [0.25, 0.3) is 11.8 Å². The number of rotatable bonds is 0. The molecule has 0 aliphatic carbocycles. The molecule has 6 nitrogen and oxygen atoms in total. The number of fused-ring (bicyclic) bond motifs is 2. The molecule has 2 aliphatic heterocycles. The van der Waals surface area contributed by atoms with E-state index in [-0.39, 0.29) is 19.8 Å². The molecule has 0 aromatic carbocycles. The molecule has 2 atom stereocenters. The van der Waals surface area contributed by atoms with E-state index in [0.717, 1.165) is 0 Å². The molecule has 2 heterocycles. The topological polar surface area (TPSA) is 81.1 Å². The lowest BCUT2D eigenvalue weighted by Gasteiger charge is -2.43. The summed E-state index contributed by atoms with van der Waals surface area (Å²) < 4.78 is 0. The number of aliphatic hydroxyl groups is 2. The summed E-state index contributed by atoms with van der Waals surface area (Å²) >= 11 is 0. The number of nitrogens with zero attached hydrogens (tertiary/aromatic N) is 2. The minimum absolute atomic E-state index is 0.00870. The fourth-order valence-electron chi connectivity index (χ4n) is 1.64. The average molecular weight is 186 g/mol. The van der Waals surface area contributed by atoms with Crippen LogP contribution in [-0.4, -0.2) is 63.8 Å². The van der Waals surface area contributed by atoms with Crippen molar-refractivity contribution in [1.29, 1.82) is 0 Å². The van der Waals surface area contributed by atoms with Crippen LogP contribution in [0, 0.1) is 0 Å². The van der Waals surface area contributed by atoms with Crippen molar-refractivity contribution in [2.75, 3.05) is 19.8 Å². The van der Waals surface area contributed by atoms with Gasteiger partial charge in [0.1, 0.15) is 0 Å². The normalized spacial score (nSPS) is 34.0. The first-order valence-corrected chi connectivity index (χ1v) is 4.03. The maximum atomic E-state index is 11.2. The van der Waals surface area contributed by atoms with Crippen molar-refractivity contribution >= 4 is 11.8 Å². The maximum Gasteiger partial charge on any atom is 0.254 e. The highest BCUT2D eigenvalue weighted by molar-refractivity contribution is 5.89. The summed E-state index contributed by atoms with van der Waals surface area (Å²) in [6.45, 7) is 0.169. The molecular weight excluding hydrogens is 176 g/mol. The Morgan fingerprint density at radius 3 is 1.77 bits per heavy atom. The molecule has 72 valence electrons. The van der Waals surface area contributed by atoms with Crippen LogP contribution >= 0.6 is 0 Å². The quantitative estimate of drug-likeness (QED) is 0.433. The molecule has 2 rings (SSSR count). The lowest BCUT2D eigenvalue weighted by atomic mass is 10.1. The zero-order valence-corrected chi connectivity index (χ0v) is 6.88. The molecule has 0 aromatic rings. The van der Waals surface area contributed by atoms with Gasteiger partial charge in [-0.3, -0.25) is 9.59 Å². The fraction of sp³-hybridized carbons (Fsp3) is 0.714. The number of amides is 2. The minimum Gasteiger partial charge on any atom is -0.381 e. The van der Waals surface area contributed by atoms with Gasteiger partial charge in [-0.05, 0) is 0 Å². The van der Waals surface area contributed by atoms with Gasteiger partial charge in [-0.15, -0.1) is 0 Å². The smallest absolute Gasteiger partial charge is 0.254 e. The molecule has 2 amide bonds. The molecule has 0 radical (unpaired) electrons. The largest absolute Gasteiger partial charge is 0.381 e. The van der Waals surface area contributed by atoms with E-state index in [1.165, 1.54) is 9.80 Å². The highest BCUT2D eigenvalue weighted by Gasteiger charge is 2.41. The molecule has 0 saturated carbocycles.